The van der Waals surface area contributed by atoms with Crippen LogP contribution < -0.4 is 10.6 Å². The largest absolute Gasteiger partial charge is 0.469 e. The van der Waals surface area contributed by atoms with Gasteiger partial charge in [-0.15, -0.1) is 24.0 Å². The molecule has 1 aliphatic heterocycles. The van der Waals surface area contributed by atoms with Crippen molar-refractivity contribution < 1.29 is 9.15 Å². The Morgan fingerprint density at radius 1 is 1.21 bits per heavy atom. The Hall–Kier alpha value is -0.800. The van der Waals surface area contributed by atoms with Crippen LogP contribution in [0, 0.1) is 5.92 Å². The van der Waals surface area contributed by atoms with Crippen molar-refractivity contribution >= 4 is 29.9 Å². The second-order valence-electron chi connectivity index (χ2n) is 8.20. The Labute approximate surface area is 193 Å². The van der Waals surface area contributed by atoms with Crippen molar-refractivity contribution in [1.29, 1.82) is 0 Å². The lowest BCUT2D eigenvalue weighted by Crippen LogP contribution is -2.49. The normalized spacial score (nSPS) is 19.7. The van der Waals surface area contributed by atoms with Gasteiger partial charge in [-0.05, 0) is 43.7 Å². The summed E-state index contributed by atoms with van der Waals surface area (Å²) in [6, 6.07) is 4.48. The predicted molar refractivity (Wildman–Crippen MR) is 129 cm³/mol. The summed E-state index contributed by atoms with van der Waals surface area (Å²) >= 11 is 0. The van der Waals surface area contributed by atoms with Gasteiger partial charge in [0.1, 0.15) is 5.76 Å². The number of furan rings is 1. The molecule has 1 saturated carbocycles. The molecule has 2 heterocycles. The van der Waals surface area contributed by atoms with E-state index in [4.69, 9.17) is 14.1 Å². The van der Waals surface area contributed by atoms with Gasteiger partial charge in [-0.3, -0.25) is 4.99 Å². The molecule has 1 saturated heterocycles. The van der Waals surface area contributed by atoms with Gasteiger partial charge in [0, 0.05) is 52.3 Å². The summed E-state index contributed by atoms with van der Waals surface area (Å²) in [5, 5.41) is 7.24. The van der Waals surface area contributed by atoms with E-state index in [-0.39, 0.29) is 24.0 Å². The van der Waals surface area contributed by atoms with E-state index in [0.717, 1.165) is 76.2 Å². The highest BCUT2D eigenvalue weighted by Crippen LogP contribution is 2.23. The molecule has 2 fully saturated rings. The van der Waals surface area contributed by atoms with Gasteiger partial charge in [-0.1, -0.05) is 19.3 Å². The minimum absolute atomic E-state index is 0. The second kappa shape index (κ2) is 14.2. The highest BCUT2D eigenvalue weighted by molar-refractivity contribution is 14.0. The maximum absolute atomic E-state index is 5.45. The van der Waals surface area contributed by atoms with Crippen LogP contribution in [0.1, 0.15) is 50.7 Å². The summed E-state index contributed by atoms with van der Waals surface area (Å²) in [7, 11) is 1.78. The first-order chi connectivity index (χ1) is 13.8. The topological polar surface area (TPSA) is 62.0 Å². The Morgan fingerprint density at radius 3 is 2.69 bits per heavy atom. The van der Waals surface area contributed by atoms with Crippen LogP contribution >= 0.6 is 24.0 Å². The molecule has 0 spiro atoms. The number of aliphatic imine (C=N–C) groups is 1. The highest BCUT2D eigenvalue weighted by atomic mass is 127. The average molecular weight is 518 g/mol. The van der Waals surface area contributed by atoms with Crippen LogP contribution in [0.25, 0.3) is 0 Å². The Bertz CT molecular complexity index is 553. The summed E-state index contributed by atoms with van der Waals surface area (Å²) in [5.74, 6) is 2.76. The van der Waals surface area contributed by atoms with Gasteiger partial charge >= 0.3 is 0 Å². The molecule has 0 radical (unpaired) electrons. The van der Waals surface area contributed by atoms with Crippen molar-refractivity contribution in [2.75, 3.05) is 46.4 Å². The van der Waals surface area contributed by atoms with Gasteiger partial charge in [0.25, 0.3) is 0 Å². The summed E-state index contributed by atoms with van der Waals surface area (Å²) in [6.45, 7) is 5.90. The molecule has 0 amide bonds. The zero-order valence-corrected chi connectivity index (χ0v) is 20.2. The lowest BCUT2D eigenvalue weighted by molar-refractivity contribution is 0.128. The van der Waals surface area contributed by atoms with Crippen molar-refractivity contribution in [3.05, 3.63) is 24.2 Å². The Morgan fingerprint density at radius 2 is 2.00 bits per heavy atom. The number of methoxy groups -OCH3 is 1. The Balaban J connectivity index is 0.00000300. The number of piperidine rings is 1. The van der Waals surface area contributed by atoms with E-state index < -0.39 is 0 Å². The standard InChI is InChI=1S/C22H38N4O2.HI/c1-27-17-15-26-13-10-20(11-14-26)25-22(23-12-9-21-8-5-16-28-21)24-18-19-6-3-2-4-7-19;/h5,8,16,19-20H,2-4,6-7,9-15,17-18H2,1H3,(H2,23,24,25);1H. The summed E-state index contributed by atoms with van der Waals surface area (Å²) in [5.41, 5.74) is 0. The van der Waals surface area contributed by atoms with Gasteiger partial charge in [0.15, 0.2) is 5.96 Å². The zero-order chi connectivity index (χ0) is 19.4. The van der Waals surface area contributed by atoms with Gasteiger partial charge in [-0.25, -0.2) is 0 Å². The molecule has 29 heavy (non-hydrogen) atoms. The fourth-order valence-corrected chi connectivity index (χ4v) is 4.22. The lowest BCUT2D eigenvalue weighted by Gasteiger charge is -2.33. The van der Waals surface area contributed by atoms with E-state index >= 15 is 0 Å². The second-order valence-corrected chi connectivity index (χ2v) is 8.20. The number of halogens is 1. The molecular weight excluding hydrogens is 479 g/mol. The number of nitrogens with one attached hydrogen (secondary N) is 2. The van der Waals surface area contributed by atoms with E-state index in [9.17, 15) is 0 Å². The van der Waals surface area contributed by atoms with E-state index in [1.807, 2.05) is 12.1 Å². The maximum Gasteiger partial charge on any atom is 0.191 e. The van der Waals surface area contributed by atoms with Gasteiger partial charge in [0.05, 0.1) is 12.9 Å². The lowest BCUT2D eigenvalue weighted by atomic mass is 9.89. The predicted octanol–water partition coefficient (Wildman–Crippen LogP) is 3.67. The fourth-order valence-electron chi connectivity index (χ4n) is 4.22. The van der Waals surface area contributed by atoms with E-state index in [1.165, 1.54) is 32.1 Å². The van der Waals surface area contributed by atoms with Crippen molar-refractivity contribution in [1.82, 2.24) is 15.5 Å². The van der Waals surface area contributed by atoms with Gasteiger partial charge in [0.2, 0.25) is 0 Å². The minimum Gasteiger partial charge on any atom is -0.469 e. The number of hydrogen-bond donors (Lipinski definition) is 2. The molecule has 2 aliphatic rings. The van der Waals surface area contributed by atoms with Crippen LogP contribution in [0.15, 0.2) is 27.8 Å². The number of nitrogens with zero attached hydrogens (tertiary/aromatic N) is 2. The molecule has 1 aliphatic carbocycles. The third-order valence-corrected chi connectivity index (χ3v) is 6.02. The van der Waals surface area contributed by atoms with Crippen LogP contribution in [-0.2, 0) is 11.2 Å². The first-order valence-corrected chi connectivity index (χ1v) is 11.1. The van der Waals surface area contributed by atoms with Crippen molar-refractivity contribution in [2.24, 2.45) is 10.9 Å². The van der Waals surface area contributed by atoms with Gasteiger partial charge in [-0.2, -0.15) is 0 Å². The van der Waals surface area contributed by atoms with E-state index in [1.54, 1.807) is 13.4 Å². The minimum atomic E-state index is 0. The molecule has 3 rings (SSSR count). The third-order valence-electron chi connectivity index (χ3n) is 6.02. The molecule has 0 atom stereocenters. The van der Waals surface area contributed by atoms with Crippen LogP contribution in [-0.4, -0.2) is 63.3 Å². The number of guanidine groups is 1. The third kappa shape index (κ3) is 9.26. The molecule has 0 unspecified atom stereocenters. The Kier molecular flexibility index (Phi) is 12.0. The quantitative estimate of drug-likeness (QED) is 0.297. The van der Waals surface area contributed by atoms with Crippen LogP contribution in [0.4, 0.5) is 0 Å². The number of rotatable bonds is 9. The summed E-state index contributed by atoms with van der Waals surface area (Å²) in [6.07, 6.45) is 11.7. The van der Waals surface area contributed by atoms with Gasteiger partial charge < -0.3 is 24.7 Å². The molecule has 1 aromatic heterocycles. The molecule has 0 aromatic carbocycles. The molecule has 0 bridgehead atoms. The maximum atomic E-state index is 5.45. The SMILES string of the molecule is COCCN1CCC(NC(=NCC2CCCCC2)NCCc2ccco2)CC1.I. The smallest absolute Gasteiger partial charge is 0.191 e. The molecule has 1 aromatic rings. The highest BCUT2D eigenvalue weighted by Gasteiger charge is 2.20. The molecule has 6 nitrogen and oxygen atoms in total. The number of ether oxygens (including phenoxy) is 1. The zero-order valence-electron chi connectivity index (χ0n) is 17.9. The van der Waals surface area contributed by atoms with E-state index in [0.29, 0.717) is 6.04 Å². The monoisotopic (exact) mass is 518 g/mol. The van der Waals surface area contributed by atoms with Crippen LogP contribution in [0.5, 0.6) is 0 Å². The van der Waals surface area contributed by atoms with Crippen molar-refractivity contribution in [3.8, 4) is 0 Å². The summed E-state index contributed by atoms with van der Waals surface area (Å²) < 4.78 is 10.7. The first kappa shape index (κ1) is 24.5. The van der Waals surface area contributed by atoms with Crippen molar-refractivity contribution in [2.45, 2.75) is 57.4 Å². The van der Waals surface area contributed by atoms with Crippen molar-refractivity contribution in [3.63, 3.8) is 0 Å². The average Bonchev–Trinajstić information content (AvgIpc) is 3.25. The first-order valence-electron chi connectivity index (χ1n) is 11.1. The molecule has 166 valence electrons. The summed E-state index contributed by atoms with van der Waals surface area (Å²) in [4.78, 5) is 7.45. The molecule has 2 N–H and O–H groups in total. The van der Waals surface area contributed by atoms with E-state index in [2.05, 4.69) is 15.5 Å². The fraction of sp³-hybridized carbons (Fsp3) is 0.773. The number of hydrogen-bond acceptors (Lipinski definition) is 4. The van der Waals surface area contributed by atoms with Crippen LogP contribution in [0.3, 0.4) is 0 Å². The number of likely N-dealkylation sites (tertiary alicyclic amines) is 1. The van der Waals surface area contributed by atoms with Crippen LogP contribution in [0.2, 0.25) is 0 Å². The molecular formula is C22H39IN4O2. The molecule has 7 heteroatoms.